The molecule has 0 aliphatic carbocycles. The summed E-state index contributed by atoms with van der Waals surface area (Å²) in [4.78, 5) is 30.7. The van der Waals surface area contributed by atoms with E-state index in [4.69, 9.17) is 0 Å². The van der Waals surface area contributed by atoms with Crippen molar-refractivity contribution in [3.8, 4) is 0 Å². The zero-order chi connectivity index (χ0) is 17.4. The van der Waals surface area contributed by atoms with Crippen molar-refractivity contribution >= 4 is 15.9 Å². The lowest BCUT2D eigenvalue weighted by molar-refractivity contribution is -0.132. The van der Waals surface area contributed by atoms with Gasteiger partial charge in [0.15, 0.2) is 0 Å². The van der Waals surface area contributed by atoms with E-state index in [0.29, 0.717) is 37.3 Å². The van der Waals surface area contributed by atoms with E-state index in [1.165, 1.54) is 11.5 Å². The maximum absolute atomic E-state index is 12.4. The molecule has 23 heavy (non-hydrogen) atoms. The van der Waals surface area contributed by atoms with E-state index in [1.807, 2.05) is 0 Å². The van der Waals surface area contributed by atoms with Gasteiger partial charge in [0.05, 0.1) is 18.0 Å². The molecule has 1 aromatic rings. The lowest BCUT2D eigenvalue weighted by Crippen LogP contribution is -2.47. The Morgan fingerprint density at radius 3 is 2.52 bits per heavy atom. The molecule has 1 unspecified atom stereocenters. The van der Waals surface area contributed by atoms with Crippen LogP contribution in [0.3, 0.4) is 0 Å². The van der Waals surface area contributed by atoms with Gasteiger partial charge in [0.1, 0.15) is 5.82 Å². The number of amides is 1. The monoisotopic (exact) mass is 342 g/mol. The average Bonchev–Trinajstić information content (AvgIpc) is 2.65. The molecule has 1 aromatic heterocycles. The molecule has 8 nitrogen and oxygen atoms in total. The number of rotatable bonds is 3. The van der Waals surface area contributed by atoms with Crippen LogP contribution in [0, 0.1) is 6.92 Å². The molecule has 1 atom stereocenters. The SMILES string of the molecule is Cc1nc2c(c(=O)n1C)CCN(C(=O)C(C)NS(C)(=O)=O)CC2. The van der Waals surface area contributed by atoms with Crippen molar-refractivity contribution in [3.63, 3.8) is 0 Å². The quantitative estimate of drug-likeness (QED) is 0.756. The minimum Gasteiger partial charge on any atom is -0.341 e. The summed E-state index contributed by atoms with van der Waals surface area (Å²) in [5, 5.41) is 0. The van der Waals surface area contributed by atoms with Crippen LogP contribution < -0.4 is 10.3 Å². The number of nitrogens with one attached hydrogen (secondary N) is 1. The summed E-state index contributed by atoms with van der Waals surface area (Å²) < 4.78 is 26.3. The molecule has 1 aliphatic heterocycles. The smallest absolute Gasteiger partial charge is 0.256 e. The second kappa shape index (κ2) is 6.40. The molecule has 0 spiro atoms. The number of hydrogen-bond acceptors (Lipinski definition) is 5. The van der Waals surface area contributed by atoms with Gasteiger partial charge < -0.3 is 4.90 Å². The Bertz CT molecular complexity index is 785. The van der Waals surface area contributed by atoms with Crippen LogP contribution in [0.25, 0.3) is 0 Å². The van der Waals surface area contributed by atoms with Crippen molar-refractivity contribution in [1.82, 2.24) is 19.2 Å². The fourth-order valence-corrected chi connectivity index (χ4v) is 3.48. The lowest BCUT2D eigenvalue weighted by Gasteiger charge is -2.24. The number of aryl methyl sites for hydroxylation is 1. The minimum atomic E-state index is -3.45. The molecule has 0 saturated heterocycles. The van der Waals surface area contributed by atoms with Crippen molar-refractivity contribution in [3.05, 3.63) is 27.4 Å². The maximum atomic E-state index is 12.4. The van der Waals surface area contributed by atoms with Crippen LogP contribution in [0.5, 0.6) is 0 Å². The molecular formula is C14H22N4O4S. The Hall–Kier alpha value is -1.74. The highest BCUT2D eigenvalue weighted by Gasteiger charge is 2.26. The van der Waals surface area contributed by atoms with Crippen molar-refractivity contribution in [2.45, 2.75) is 32.7 Å². The predicted octanol–water partition coefficient (Wildman–Crippen LogP) is -1.05. The highest BCUT2D eigenvalue weighted by molar-refractivity contribution is 7.88. The van der Waals surface area contributed by atoms with Crippen LogP contribution in [0.15, 0.2) is 4.79 Å². The van der Waals surface area contributed by atoms with E-state index >= 15 is 0 Å². The molecule has 0 aromatic carbocycles. The van der Waals surface area contributed by atoms with E-state index < -0.39 is 16.1 Å². The third-order valence-corrected chi connectivity index (χ3v) is 4.80. The van der Waals surface area contributed by atoms with Crippen LogP contribution in [-0.2, 0) is 34.7 Å². The van der Waals surface area contributed by atoms with Crippen LogP contribution in [0.2, 0.25) is 0 Å². The highest BCUT2D eigenvalue weighted by atomic mass is 32.2. The molecule has 1 amide bonds. The summed E-state index contributed by atoms with van der Waals surface area (Å²) in [6, 6.07) is -0.830. The molecule has 2 rings (SSSR count). The topological polar surface area (TPSA) is 101 Å². The van der Waals surface area contributed by atoms with Gasteiger partial charge in [-0.3, -0.25) is 14.2 Å². The first kappa shape index (κ1) is 17.6. The number of nitrogens with zero attached hydrogens (tertiary/aromatic N) is 3. The maximum Gasteiger partial charge on any atom is 0.256 e. The number of sulfonamides is 1. The van der Waals surface area contributed by atoms with Gasteiger partial charge in [0, 0.05) is 32.1 Å². The summed E-state index contributed by atoms with van der Waals surface area (Å²) in [5.74, 6) is 0.345. The van der Waals surface area contributed by atoms with E-state index in [1.54, 1.807) is 18.9 Å². The molecule has 128 valence electrons. The number of aromatic nitrogens is 2. The second-order valence-corrected chi connectivity index (χ2v) is 7.67. The summed E-state index contributed by atoms with van der Waals surface area (Å²) in [6.07, 6.45) is 1.93. The molecule has 0 radical (unpaired) electrons. The molecule has 9 heteroatoms. The first-order valence-corrected chi connectivity index (χ1v) is 9.30. The van der Waals surface area contributed by atoms with Crippen LogP contribution >= 0.6 is 0 Å². The van der Waals surface area contributed by atoms with E-state index in [-0.39, 0.29) is 11.5 Å². The van der Waals surface area contributed by atoms with E-state index in [9.17, 15) is 18.0 Å². The summed E-state index contributed by atoms with van der Waals surface area (Å²) >= 11 is 0. The Labute approximate surface area is 135 Å². The van der Waals surface area contributed by atoms with Gasteiger partial charge in [-0.25, -0.2) is 18.1 Å². The molecule has 1 aliphatic rings. The molecule has 1 N–H and O–H groups in total. The third kappa shape index (κ3) is 3.97. The zero-order valence-corrected chi connectivity index (χ0v) is 14.6. The Morgan fingerprint density at radius 2 is 1.91 bits per heavy atom. The van der Waals surface area contributed by atoms with Crippen molar-refractivity contribution in [2.24, 2.45) is 7.05 Å². The van der Waals surface area contributed by atoms with Crippen LogP contribution in [0.1, 0.15) is 24.0 Å². The zero-order valence-electron chi connectivity index (χ0n) is 13.8. The van der Waals surface area contributed by atoms with Crippen molar-refractivity contribution in [1.29, 1.82) is 0 Å². The van der Waals surface area contributed by atoms with Gasteiger partial charge in [-0.05, 0) is 20.3 Å². The Kier molecular flexibility index (Phi) is 4.90. The van der Waals surface area contributed by atoms with Gasteiger partial charge in [-0.1, -0.05) is 0 Å². The van der Waals surface area contributed by atoms with Gasteiger partial charge in [-0.15, -0.1) is 0 Å². The Morgan fingerprint density at radius 1 is 1.30 bits per heavy atom. The molecule has 0 saturated carbocycles. The minimum absolute atomic E-state index is 0.0795. The number of fused-ring (bicyclic) bond motifs is 1. The normalized spacial score (nSPS) is 16.6. The fourth-order valence-electron chi connectivity index (χ4n) is 2.73. The van der Waals surface area contributed by atoms with Gasteiger partial charge in [0.25, 0.3) is 5.56 Å². The summed E-state index contributed by atoms with van der Waals surface area (Å²) in [5.41, 5.74) is 1.28. The largest absolute Gasteiger partial charge is 0.341 e. The van der Waals surface area contributed by atoms with Gasteiger partial charge >= 0.3 is 0 Å². The lowest BCUT2D eigenvalue weighted by atomic mass is 10.1. The van der Waals surface area contributed by atoms with Crippen LogP contribution in [0.4, 0.5) is 0 Å². The van der Waals surface area contributed by atoms with Crippen molar-refractivity contribution < 1.29 is 13.2 Å². The van der Waals surface area contributed by atoms with E-state index in [2.05, 4.69) is 9.71 Å². The van der Waals surface area contributed by atoms with Gasteiger partial charge in [-0.2, -0.15) is 0 Å². The summed E-state index contributed by atoms with van der Waals surface area (Å²) in [7, 11) is -1.77. The first-order valence-electron chi connectivity index (χ1n) is 7.41. The van der Waals surface area contributed by atoms with Crippen molar-refractivity contribution in [2.75, 3.05) is 19.3 Å². The van der Waals surface area contributed by atoms with E-state index in [0.717, 1.165) is 11.9 Å². The number of hydrogen-bond donors (Lipinski definition) is 1. The number of carbonyl (C=O) groups excluding carboxylic acids is 1. The molecule has 0 bridgehead atoms. The first-order chi connectivity index (χ1) is 10.6. The predicted molar refractivity (Wildman–Crippen MR) is 85.6 cm³/mol. The van der Waals surface area contributed by atoms with Crippen LogP contribution in [-0.4, -0.2) is 54.2 Å². The molecular weight excluding hydrogens is 320 g/mol. The van der Waals surface area contributed by atoms with Gasteiger partial charge in [0.2, 0.25) is 15.9 Å². The molecule has 0 fully saturated rings. The third-order valence-electron chi connectivity index (χ3n) is 4.02. The second-order valence-electron chi connectivity index (χ2n) is 5.89. The fraction of sp³-hybridized carbons (Fsp3) is 0.643. The molecule has 2 heterocycles. The summed E-state index contributed by atoms with van der Waals surface area (Å²) in [6.45, 7) is 4.08. The Balaban J connectivity index is 2.18. The average molecular weight is 342 g/mol. The highest BCUT2D eigenvalue weighted by Crippen LogP contribution is 2.12. The number of carbonyl (C=O) groups is 1. The standard InChI is InChI=1S/C14H22N4O4S/c1-9(16-23(4,21)22)13(19)18-7-5-11-12(6-8-18)15-10(2)17(3)14(11)20/h9,16H,5-8H2,1-4H3.